The van der Waals surface area contributed by atoms with E-state index in [4.69, 9.17) is 28.4 Å². The molecule has 2 rings (SSSR count). The van der Waals surface area contributed by atoms with Gasteiger partial charge in [-0.15, -0.1) is 0 Å². The van der Waals surface area contributed by atoms with Gasteiger partial charge in [-0.3, -0.25) is 4.79 Å². The number of carboxylic acid groups (broad SMARTS) is 1. The van der Waals surface area contributed by atoms with E-state index in [2.05, 4.69) is 26.3 Å². The second-order valence-corrected chi connectivity index (χ2v) is 12.1. The number of rotatable bonds is 20. The molecular formula is C39H40O17. The molecule has 56 heavy (non-hydrogen) atoms. The largest absolute Gasteiger partial charge is 0.478 e. The molecule has 0 unspecified atom stereocenters. The Hall–Kier alpha value is -6.72. The third kappa shape index (κ3) is 13.3. The molecule has 2 aromatic carbocycles. The van der Waals surface area contributed by atoms with Crippen molar-refractivity contribution in [3.05, 3.63) is 118 Å². The van der Waals surface area contributed by atoms with Gasteiger partial charge in [0.2, 0.25) is 0 Å². The Labute approximate surface area is 320 Å². The maximum absolute atomic E-state index is 13.6. The van der Waals surface area contributed by atoms with E-state index in [0.717, 1.165) is 36.4 Å². The topological polar surface area (TPSA) is 253 Å². The second kappa shape index (κ2) is 20.7. The fraction of sp³-hybridized carbons (Fsp3) is 0.282. The minimum atomic E-state index is -2.26. The van der Waals surface area contributed by atoms with Crippen molar-refractivity contribution in [2.24, 2.45) is 0 Å². The van der Waals surface area contributed by atoms with E-state index in [1.54, 1.807) is 0 Å². The lowest BCUT2D eigenvalue weighted by molar-refractivity contribution is -0.149. The van der Waals surface area contributed by atoms with Crippen LogP contribution in [0.4, 0.5) is 0 Å². The molecule has 0 aliphatic rings. The van der Waals surface area contributed by atoms with Crippen LogP contribution < -0.4 is 0 Å². The summed E-state index contributed by atoms with van der Waals surface area (Å²) in [6, 6.07) is 5.89. The lowest BCUT2D eigenvalue weighted by Gasteiger charge is -2.20. The van der Waals surface area contributed by atoms with Crippen molar-refractivity contribution >= 4 is 47.6 Å². The molecule has 0 aromatic heterocycles. The van der Waals surface area contributed by atoms with Gasteiger partial charge >= 0.3 is 41.8 Å². The Morgan fingerprint density at radius 1 is 0.536 bits per heavy atom. The number of aliphatic hydroxyl groups excluding tert-OH is 1. The van der Waals surface area contributed by atoms with Gasteiger partial charge in [0.1, 0.15) is 26.4 Å². The number of hydrogen-bond acceptors (Lipinski definition) is 16. The van der Waals surface area contributed by atoms with Crippen LogP contribution >= 0.6 is 0 Å². The zero-order valence-corrected chi connectivity index (χ0v) is 30.9. The van der Waals surface area contributed by atoms with E-state index >= 15 is 0 Å². The minimum Gasteiger partial charge on any atom is -0.478 e. The number of carbonyl (C=O) groups excluding carboxylic acids is 7. The normalized spacial score (nSPS) is 10.6. The minimum absolute atomic E-state index is 0.00861. The van der Waals surface area contributed by atoms with Crippen molar-refractivity contribution in [1.29, 1.82) is 0 Å². The van der Waals surface area contributed by atoms with Crippen LogP contribution in [0, 0.1) is 0 Å². The summed E-state index contributed by atoms with van der Waals surface area (Å²) in [6.45, 7) is 16.7. The van der Waals surface area contributed by atoms with Crippen molar-refractivity contribution in [2.75, 3.05) is 26.4 Å². The first-order valence-electron chi connectivity index (χ1n) is 16.3. The summed E-state index contributed by atoms with van der Waals surface area (Å²) in [5.74, 6) is -8.51. The monoisotopic (exact) mass is 780 g/mol. The van der Waals surface area contributed by atoms with Crippen molar-refractivity contribution in [2.45, 2.75) is 46.2 Å². The molecule has 0 amide bonds. The molecule has 0 bridgehead atoms. The highest BCUT2D eigenvalue weighted by Crippen LogP contribution is 2.24. The third-order valence-corrected chi connectivity index (χ3v) is 7.09. The average Bonchev–Trinajstić information content (AvgIpc) is 3.14. The lowest BCUT2D eigenvalue weighted by Crippen LogP contribution is -2.31. The van der Waals surface area contributed by atoms with Crippen LogP contribution in [0.5, 0.6) is 0 Å². The maximum Gasteiger partial charge on any atom is 0.339 e. The number of aromatic carboxylic acids is 1. The van der Waals surface area contributed by atoms with E-state index in [0.29, 0.717) is 0 Å². The highest BCUT2D eigenvalue weighted by molar-refractivity contribution is 6.12. The molecule has 3 N–H and O–H groups in total. The Kier molecular flexibility index (Phi) is 16.8. The first-order chi connectivity index (χ1) is 26.1. The summed E-state index contributed by atoms with van der Waals surface area (Å²) in [5, 5.41) is 29.9. The Balaban J connectivity index is 2.45. The van der Waals surface area contributed by atoms with E-state index in [9.17, 15) is 53.7 Å². The van der Waals surface area contributed by atoms with Gasteiger partial charge in [0.15, 0.2) is 24.3 Å². The van der Waals surface area contributed by atoms with Crippen LogP contribution in [0.1, 0.15) is 86.5 Å². The van der Waals surface area contributed by atoms with Crippen molar-refractivity contribution in [1.82, 2.24) is 0 Å². The molecular weight excluding hydrogens is 740 g/mol. The van der Waals surface area contributed by atoms with Crippen LogP contribution in [0.25, 0.3) is 0 Å². The van der Waals surface area contributed by atoms with Gasteiger partial charge in [-0.25, -0.2) is 33.6 Å². The molecule has 0 spiro atoms. The van der Waals surface area contributed by atoms with E-state index in [1.165, 1.54) is 27.7 Å². The summed E-state index contributed by atoms with van der Waals surface area (Å²) >= 11 is 0. The SMILES string of the molecule is C=C(C)C(=O)OCC(COC(=O)C(=C)C)OC(=O)c1ccc(C(=O)c2ccc(C(O)O)c(C(=O)OC(COC(=O)C(=C)C)COC(=O)C(=C)C)c2)cc1C(=O)O. The fourth-order valence-corrected chi connectivity index (χ4v) is 4.14. The maximum atomic E-state index is 13.6. The molecule has 0 heterocycles. The van der Waals surface area contributed by atoms with Gasteiger partial charge in [0, 0.05) is 39.0 Å². The number of carbonyl (C=O) groups is 8. The van der Waals surface area contributed by atoms with Gasteiger partial charge in [0.05, 0.1) is 16.7 Å². The molecule has 2 aromatic rings. The lowest BCUT2D eigenvalue weighted by atomic mass is 9.95. The summed E-state index contributed by atoms with van der Waals surface area (Å²) < 4.78 is 30.7. The molecule has 0 aliphatic carbocycles. The third-order valence-electron chi connectivity index (χ3n) is 7.09. The number of benzene rings is 2. The number of aliphatic hydroxyl groups is 2. The molecule has 0 saturated carbocycles. The predicted molar refractivity (Wildman–Crippen MR) is 192 cm³/mol. The van der Waals surface area contributed by atoms with Gasteiger partial charge < -0.3 is 43.7 Å². The smallest absolute Gasteiger partial charge is 0.339 e. The van der Waals surface area contributed by atoms with Gasteiger partial charge in [-0.05, 0) is 45.9 Å². The standard InChI is InChI=1S/C39H40O17/c1-19(2)34(45)51-15-25(16-52-35(46)20(3)4)55-38(49)28-12-10-23(13-29(28)33(43)44)31(40)24-9-11-27(32(41)42)30(14-24)39(50)56-26(17-53-36(47)21(5)6)18-54-37(48)22(7)8/h9-14,25-26,32,41-42H,1,3,5,7,15-18H2,2,4,6,8H3,(H,43,44). The molecule has 0 radical (unpaired) electrons. The number of carboxylic acids is 1. The molecule has 17 heteroatoms. The first-order valence-corrected chi connectivity index (χ1v) is 16.3. The number of esters is 6. The Bertz CT molecular complexity index is 1910. The Morgan fingerprint density at radius 3 is 1.21 bits per heavy atom. The summed E-state index contributed by atoms with van der Waals surface area (Å²) in [7, 11) is 0. The molecule has 0 atom stereocenters. The van der Waals surface area contributed by atoms with E-state index in [-0.39, 0.29) is 33.4 Å². The molecule has 298 valence electrons. The second-order valence-electron chi connectivity index (χ2n) is 12.1. The van der Waals surface area contributed by atoms with Crippen molar-refractivity contribution in [3.63, 3.8) is 0 Å². The van der Waals surface area contributed by atoms with Crippen LogP contribution in [0.2, 0.25) is 0 Å². The number of ether oxygens (including phenoxy) is 6. The number of ketones is 1. The fourth-order valence-electron chi connectivity index (χ4n) is 4.14. The predicted octanol–water partition coefficient (Wildman–Crippen LogP) is 3.13. The van der Waals surface area contributed by atoms with Gasteiger partial charge in [0.25, 0.3) is 0 Å². The zero-order chi connectivity index (χ0) is 42.4. The van der Waals surface area contributed by atoms with Crippen LogP contribution in [0.3, 0.4) is 0 Å². The van der Waals surface area contributed by atoms with E-state index < -0.39 is 115 Å². The highest BCUT2D eigenvalue weighted by atomic mass is 16.6. The van der Waals surface area contributed by atoms with Gasteiger partial charge in [-0.1, -0.05) is 44.5 Å². The Morgan fingerprint density at radius 2 is 0.875 bits per heavy atom. The summed E-state index contributed by atoms with van der Waals surface area (Å²) in [5.41, 5.74) is -2.80. The quantitative estimate of drug-likeness (QED) is 0.0574. The van der Waals surface area contributed by atoms with Crippen LogP contribution in [-0.2, 0) is 47.6 Å². The zero-order valence-electron chi connectivity index (χ0n) is 30.9. The first kappa shape index (κ1) is 45.4. The van der Waals surface area contributed by atoms with Crippen LogP contribution in [0.15, 0.2) is 85.0 Å². The van der Waals surface area contributed by atoms with Crippen LogP contribution in [-0.4, -0.2) is 102 Å². The van der Waals surface area contributed by atoms with Gasteiger partial charge in [-0.2, -0.15) is 0 Å². The summed E-state index contributed by atoms with van der Waals surface area (Å²) in [4.78, 5) is 100. The van der Waals surface area contributed by atoms with Crippen molar-refractivity contribution in [3.8, 4) is 0 Å². The highest BCUT2D eigenvalue weighted by Gasteiger charge is 2.28. The van der Waals surface area contributed by atoms with Crippen molar-refractivity contribution < 1.29 is 82.1 Å². The molecule has 17 nitrogen and oxygen atoms in total. The summed E-state index contributed by atoms with van der Waals surface area (Å²) in [6.07, 6.45) is -5.10. The number of hydrogen-bond donors (Lipinski definition) is 3. The molecule has 0 saturated heterocycles. The molecule has 0 fully saturated rings. The molecule has 0 aliphatic heterocycles. The van der Waals surface area contributed by atoms with E-state index in [1.807, 2.05) is 0 Å². The average molecular weight is 781 g/mol.